The van der Waals surface area contributed by atoms with Gasteiger partial charge in [0.1, 0.15) is 5.75 Å². The Labute approximate surface area is 153 Å². The first-order valence-electron chi connectivity index (χ1n) is 8.98. The molecule has 1 aliphatic rings. The van der Waals surface area contributed by atoms with Crippen LogP contribution in [0.5, 0.6) is 5.75 Å². The standard InChI is InChI=1S/C19H24N4O3/c1-2-16-19(25)23(15-6-3-4-7-17(15)26-16)12-8-18(24)21-9-5-11-22-13-10-20-14-22/h3-4,6-7,10,13-14,16H,2,5,8-9,11-12H2,1H3,(H,21,24). The molecule has 0 bridgehead atoms. The highest BCUT2D eigenvalue weighted by Gasteiger charge is 2.32. The normalized spacial score (nSPS) is 16.1. The number of fused-ring (bicyclic) bond motifs is 1. The van der Waals surface area contributed by atoms with Gasteiger partial charge in [0.05, 0.1) is 12.0 Å². The van der Waals surface area contributed by atoms with E-state index >= 15 is 0 Å². The van der Waals surface area contributed by atoms with Crippen molar-refractivity contribution in [2.24, 2.45) is 0 Å². The molecule has 0 spiro atoms. The zero-order valence-electron chi connectivity index (χ0n) is 14.9. The monoisotopic (exact) mass is 356 g/mol. The summed E-state index contributed by atoms with van der Waals surface area (Å²) in [6, 6.07) is 7.45. The molecule has 0 aliphatic carbocycles. The van der Waals surface area contributed by atoms with Crippen LogP contribution in [0.2, 0.25) is 0 Å². The highest BCUT2D eigenvalue weighted by atomic mass is 16.5. The van der Waals surface area contributed by atoms with Crippen molar-refractivity contribution in [3.05, 3.63) is 43.0 Å². The summed E-state index contributed by atoms with van der Waals surface area (Å²) in [5.41, 5.74) is 0.732. The summed E-state index contributed by atoms with van der Waals surface area (Å²) in [5.74, 6) is 0.555. The Morgan fingerprint density at radius 1 is 1.31 bits per heavy atom. The second-order valence-corrected chi connectivity index (χ2v) is 6.23. The molecule has 1 atom stereocenters. The molecule has 2 aromatic rings. The second-order valence-electron chi connectivity index (χ2n) is 6.23. The third-order valence-corrected chi connectivity index (χ3v) is 4.37. The minimum atomic E-state index is -0.483. The van der Waals surface area contributed by atoms with E-state index in [4.69, 9.17) is 4.74 Å². The molecule has 7 heteroatoms. The Bertz CT molecular complexity index is 745. The molecule has 1 N–H and O–H groups in total. The van der Waals surface area contributed by atoms with Crippen molar-refractivity contribution in [3.8, 4) is 5.75 Å². The van der Waals surface area contributed by atoms with E-state index in [1.807, 2.05) is 42.0 Å². The molecule has 2 amide bonds. The first-order valence-corrected chi connectivity index (χ1v) is 8.98. The van der Waals surface area contributed by atoms with E-state index in [0.29, 0.717) is 25.3 Å². The SMILES string of the molecule is CCC1Oc2ccccc2N(CCC(=O)NCCCn2ccnc2)C1=O. The van der Waals surface area contributed by atoms with Crippen LogP contribution in [0.15, 0.2) is 43.0 Å². The smallest absolute Gasteiger partial charge is 0.268 e. The van der Waals surface area contributed by atoms with Gasteiger partial charge in [0.2, 0.25) is 5.91 Å². The van der Waals surface area contributed by atoms with Gasteiger partial charge >= 0.3 is 0 Å². The van der Waals surface area contributed by atoms with Crippen LogP contribution in [0.3, 0.4) is 0 Å². The number of para-hydroxylation sites is 2. The van der Waals surface area contributed by atoms with E-state index in [1.54, 1.807) is 17.4 Å². The van der Waals surface area contributed by atoms with Crippen LogP contribution in [-0.4, -0.2) is 40.6 Å². The summed E-state index contributed by atoms with van der Waals surface area (Å²) in [6.45, 7) is 3.68. The van der Waals surface area contributed by atoms with Crippen LogP contribution in [0, 0.1) is 0 Å². The van der Waals surface area contributed by atoms with E-state index in [9.17, 15) is 9.59 Å². The van der Waals surface area contributed by atoms with Gasteiger partial charge < -0.3 is 19.5 Å². The number of nitrogens with zero attached hydrogens (tertiary/aromatic N) is 3. The molecule has 0 saturated carbocycles. The van der Waals surface area contributed by atoms with Crippen LogP contribution in [0.4, 0.5) is 5.69 Å². The molecule has 138 valence electrons. The van der Waals surface area contributed by atoms with Crippen LogP contribution < -0.4 is 15.0 Å². The number of hydrogen-bond donors (Lipinski definition) is 1. The Balaban J connectivity index is 1.49. The number of carbonyl (C=O) groups excluding carboxylic acids is 2. The molecule has 0 saturated heterocycles. The van der Waals surface area contributed by atoms with Gasteiger partial charge in [-0.3, -0.25) is 9.59 Å². The number of aryl methyl sites for hydroxylation is 1. The van der Waals surface area contributed by atoms with Crippen LogP contribution >= 0.6 is 0 Å². The average molecular weight is 356 g/mol. The Morgan fingerprint density at radius 3 is 2.92 bits per heavy atom. The quantitative estimate of drug-likeness (QED) is 0.734. The van der Waals surface area contributed by atoms with Gasteiger partial charge in [0.25, 0.3) is 5.91 Å². The van der Waals surface area contributed by atoms with Gasteiger partial charge in [-0.2, -0.15) is 0 Å². The molecule has 7 nitrogen and oxygen atoms in total. The fourth-order valence-corrected chi connectivity index (χ4v) is 2.97. The maximum absolute atomic E-state index is 12.6. The second kappa shape index (κ2) is 8.51. The summed E-state index contributed by atoms with van der Waals surface area (Å²) in [4.78, 5) is 30.3. The number of rotatable bonds is 8. The van der Waals surface area contributed by atoms with Crippen LogP contribution in [0.25, 0.3) is 0 Å². The van der Waals surface area contributed by atoms with E-state index in [2.05, 4.69) is 10.3 Å². The molecule has 26 heavy (non-hydrogen) atoms. The molecule has 1 aliphatic heterocycles. The Hall–Kier alpha value is -2.83. The van der Waals surface area contributed by atoms with E-state index in [1.165, 1.54) is 0 Å². The molecule has 1 aromatic carbocycles. The van der Waals surface area contributed by atoms with Crippen molar-refractivity contribution in [1.29, 1.82) is 0 Å². The number of aromatic nitrogens is 2. The number of ether oxygens (including phenoxy) is 1. The molecule has 1 aromatic heterocycles. The molecular formula is C19H24N4O3. The van der Waals surface area contributed by atoms with Crippen molar-refractivity contribution < 1.29 is 14.3 Å². The maximum Gasteiger partial charge on any atom is 0.268 e. The highest BCUT2D eigenvalue weighted by Crippen LogP contribution is 2.34. The third kappa shape index (κ3) is 4.22. The highest BCUT2D eigenvalue weighted by molar-refractivity contribution is 6.00. The lowest BCUT2D eigenvalue weighted by molar-refractivity contribution is -0.126. The number of imidazole rings is 1. The summed E-state index contributed by atoms with van der Waals surface area (Å²) in [5, 5.41) is 2.91. The van der Waals surface area contributed by atoms with Crippen molar-refractivity contribution >= 4 is 17.5 Å². The summed E-state index contributed by atoms with van der Waals surface area (Å²) in [6.07, 6.45) is 6.61. The van der Waals surface area contributed by atoms with Crippen molar-refractivity contribution in [1.82, 2.24) is 14.9 Å². The number of carbonyl (C=O) groups is 2. The van der Waals surface area contributed by atoms with Crippen molar-refractivity contribution in [2.75, 3.05) is 18.0 Å². The first-order chi connectivity index (χ1) is 12.7. The zero-order valence-corrected chi connectivity index (χ0v) is 14.9. The van der Waals surface area contributed by atoms with Gasteiger partial charge in [-0.1, -0.05) is 19.1 Å². The lowest BCUT2D eigenvalue weighted by Crippen LogP contribution is -2.46. The fraction of sp³-hybridized carbons (Fsp3) is 0.421. The Morgan fingerprint density at radius 2 is 2.15 bits per heavy atom. The lowest BCUT2D eigenvalue weighted by Gasteiger charge is -2.33. The zero-order chi connectivity index (χ0) is 18.4. The molecule has 2 heterocycles. The molecular weight excluding hydrogens is 332 g/mol. The molecule has 0 fully saturated rings. The Kier molecular flexibility index (Phi) is 5.88. The van der Waals surface area contributed by atoms with E-state index in [0.717, 1.165) is 18.7 Å². The van der Waals surface area contributed by atoms with Crippen LogP contribution in [0.1, 0.15) is 26.2 Å². The van der Waals surface area contributed by atoms with Gasteiger partial charge in [-0.15, -0.1) is 0 Å². The molecule has 0 radical (unpaired) electrons. The minimum absolute atomic E-state index is 0.0551. The van der Waals surface area contributed by atoms with Crippen LogP contribution in [-0.2, 0) is 16.1 Å². The summed E-state index contributed by atoms with van der Waals surface area (Å²) in [7, 11) is 0. The lowest BCUT2D eigenvalue weighted by atomic mass is 10.1. The van der Waals surface area contributed by atoms with Gasteiger partial charge in [-0.25, -0.2) is 4.98 Å². The number of amides is 2. The van der Waals surface area contributed by atoms with E-state index < -0.39 is 6.10 Å². The molecule has 3 rings (SSSR count). The summed E-state index contributed by atoms with van der Waals surface area (Å²) >= 11 is 0. The number of anilines is 1. The maximum atomic E-state index is 12.6. The fourth-order valence-electron chi connectivity index (χ4n) is 2.97. The van der Waals surface area contributed by atoms with Gasteiger partial charge in [0, 0.05) is 38.4 Å². The predicted octanol–water partition coefficient (Wildman–Crippen LogP) is 1.98. The summed E-state index contributed by atoms with van der Waals surface area (Å²) < 4.78 is 7.72. The van der Waals surface area contributed by atoms with E-state index in [-0.39, 0.29) is 18.2 Å². The third-order valence-electron chi connectivity index (χ3n) is 4.37. The number of nitrogens with one attached hydrogen (secondary N) is 1. The first kappa shape index (κ1) is 18.0. The minimum Gasteiger partial charge on any atom is -0.478 e. The molecule has 1 unspecified atom stereocenters. The van der Waals surface area contributed by atoms with Crippen molar-refractivity contribution in [2.45, 2.75) is 38.8 Å². The largest absolute Gasteiger partial charge is 0.478 e. The topological polar surface area (TPSA) is 76.5 Å². The van der Waals surface area contributed by atoms with Gasteiger partial charge in [0.15, 0.2) is 6.10 Å². The number of benzene rings is 1. The average Bonchev–Trinajstić information content (AvgIpc) is 3.17. The van der Waals surface area contributed by atoms with Gasteiger partial charge in [-0.05, 0) is 25.0 Å². The predicted molar refractivity (Wildman–Crippen MR) is 98.0 cm³/mol. The van der Waals surface area contributed by atoms with Crippen molar-refractivity contribution in [3.63, 3.8) is 0 Å². The number of hydrogen-bond acceptors (Lipinski definition) is 4.